The second kappa shape index (κ2) is 4.13. The normalized spacial score (nSPS) is 19.7. The van der Waals surface area contributed by atoms with E-state index in [1.54, 1.807) is 12.1 Å². The Labute approximate surface area is 96.9 Å². The molecule has 2 rings (SSSR count). The summed E-state index contributed by atoms with van der Waals surface area (Å²) in [7, 11) is 0. The van der Waals surface area contributed by atoms with Gasteiger partial charge in [-0.2, -0.15) is 13.2 Å². The molecule has 0 aromatic carbocycles. The minimum Gasteiger partial charge on any atom is -0.303 e. The van der Waals surface area contributed by atoms with Crippen molar-refractivity contribution in [1.82, 2.24) is 4.98 Å². The molecule has 1 aromatic heterocycles. The summed E-state index contributed by atoms with van der Waals surface area (Å²) in [5, 5.41) is 0. The SMILES string of the molecule is O=CCC(c1ccncc1)C1(C(F)(F)F)CC1. The lowest BCUT2D eigenvalue weighted by Crippen LogP contribution is -2.31. The van der Waals surface area contributed by atoms with Crippen LogP contribution in [-0.4, -0.2) is 17.4 Å². The first-order chi connectivity index (χ1) is 8.01. The van der Waals surface area contributed by atoms with Crippen molar-refractivity contribution in [3.8, 4) is 0 Å². The third-order valence-electron chi connectivity index (χ3n) is 3.46. The highest BCUT2D eigenvalue weighted by molar-refractivity contribution is 5.52. The molecule has 1 atom stereocenters. The van der Waals surface area contributed by atoms with Crippen LogP contribution in [0.15, 0.2) is 24.5 Å². The number of alkyl halides is 3. The number of carbonyl (C=O) groups excluding carboxylic acids is 1. The summed E-state index contributed by atoms with van der Waals surface area (Å²) in [6.45, 7) is 0. The predicted octanol–water partition coefficient (Wildman–Crippen LogP) is 3.10. The fourth-order valence-electron chi connectivity index (χ4n) is 2.34. The van der Waals surface area contributed by atoms with Crippen LogP contribution in [0.2, 0.25) is 0 Å². The molecular weight excluding hydrogens is 231 g/mol. The van der Waals surface area contributed by atoms with Crippen LogP contribution in [0, 0.1) is 5.41 Å². The van der Waals surface area contributed by atoms with E-state index < -0.39 is 17.5 Å². The number of carbonyl (C=O) groups is 1. The lowest BCUT2D eigenvalue weighted by atomic mass is 9.81. The standard InChI is InChI=1S/C12H12F3NO/c13-12(14,15)11(4-5-11)10(3-8-17)9-1-6-16-7-2-9/h1-2,6-8,10H,3-5H2. The monoisotopic (exact) mass is 243 g/mol. The topological polar surface area (TPSA) is 30.0 Å². The van der Waals surface area contributed by atoms with Gasteiger partial charge < -0.3 is 4.79 Å². The van der Waals surface area contributed by atoms with Crippen molar-refractivity contribution >= 4 is 6.29 Å². The third-order valence-corrected chi connectivity index (χ3v) is 3.46. The molecule has 1 fully saturated rings. The van der Waals surface area contributed by atoms with E-state index >= 15 is 0 Å². The second-order valence-corrected chi connectivity index (χ2v) is 4.39. The zero-order valence-corrected chi connectivity index (χ0v) is 9.07. The third kappa shape index (κ3) is 2.06. The van der Waals surface area contributed by atoms with Crippen molar-refractivity contribution in [3.63, 3.8) is 0 Å². The lowest BCUT2D eigenvalue weighted by molar-refractivity contribution is -0.194. The van der Waals surface area contributed by atoms with Crippen LogP contribution in [0.3, 0.4) is 0 Å². The number of nitrogens with zero attached hydrogens (tertiary/aromatic N) is 1. The molecule has 0 bridgehead atoms. The summed E-state index contributed by atoms with van der Waals surface area (Å²) in [5.41, 5.74) is -1.16. The predicted molar refractivity (Wildman–Crippen MR) is 55.4 cm³/mol. The van der Waals surface area contributed by atoms with Gasteiger partial charge in [-0.1, -0.05) is 0 Å². The Kier molecular flexibility index (Phi) is 2.93. The van der Waals surface area contributed by atoms with Gasteiger partial charge in [0.15, 0.2) is 0 Å². The maximum Gasteiger partial charge on any atom is 0.395 e. The maximum absolute atomic E-state index is 13.0. The van der Waals surface area contributed by atoms with Crippen LogP contribution in [0.4, 0.5) is 13.2 Å². The van der Waals surface area contributed by atoms with Crippen molar-refractivity contribution in [1.29, 1.82) is 0 Å². The number of halogens is 3. The quantitative estimate of drug-likeness (QED) is 0.760. The summed E-state index contributed by atoms with van der Waals surface area (Å²) < 4.78 is 39.1. The van der Waals surface area contributed by atoms with E-state index in [0.29, 0.717) is 11.8 Å². The minimum absolute atomic E-state index is 0.0937. The molecule has 1 aliphatic rings. The summed E-state index contributed by atoms with van der Waals surface area (Å²) in [6.07, 6.45) is -0.641. The summed E-state index contributed by atoms with van der Waals surface area (Å²) >= 11 is 0. The van der Waals surface area contributed by atoms with Crippen LogP contribution in [-0.2, 0) is 4.79 Å². The zero-order valence-electron chi connectivity index (χ0n) is 9.07. The molecule has 17 heavy (non-hydrogen) atoms. The number of pyridine rings is 1. The zero-order chi connectivity index (χ0) is 12.5. The molecule has 1 heterocycles. The highest BCUT2D eigenvalue weighted by atomic mass is 19.4. The first-order valence-corrected chi connectivity index (χ1v) is 5.41. The fraction of sp³-hybridized carbons (Fsp3) is 0.500. The molecule has 0 amide bonds. The molecule has 1 unspecified atom stereocenters. The minimum atomic E-state index is -4.25. The Balaban J connectivity index is 2.34. The van der Waals surface area contributed by atoms with E-state index in [1.807, 2.05) is 0 Å². The van der Waals surface area contributed by atoms with Gasteiger partial charge in [-0.15, -0.1) is 0 Å². The van der Waals surface area contributed by atoms with Crippen molar-refractivity contribution in [2.45, 2.75) is 31.4 Å². The number of aldehydes is 1. The molecule has 2 nitrogen and oxygen atoms in total. The molecule has 1 aliphatic carbocycles. The maximum atomic E-state index is 13.0. The second-order valence-electron chi connectivity index (χ2n) is 4.39. The van der Waals surface area contributed by atoms with Crippen LogP contribution in [0.5, 0.6) is 0 Å². The van der Waals surface area contributed by atoms with Crippen LogP contribution in [0.25, 0.3) is 0 Å². The van der Waals surface area contributed by atoms with Gasteiger partial charge in [0.1, 0.15) is 6.29 Å². The fourth-order valence-corrected chi connectivity index (χ4v) is 2.34. The van der Waals surface area contributed by atoms with E-state index in [0.717, 1.165) is 0 Å². The Morgan fingerprint density at radius 1 is 1.35 bits per heavy atom. The Bertz CT molecular complexity index is 398. The van der Waals surface area contributed by atoms with Gasteiger partial charge in [-0.3, -0.25) is 4.98 Å². The first kappa shape index (κ1) is 12.1. The molecule has 0 N–H and O–H groups in total. The smallest absolute Gasteiger partial charge is 0.303 e. The largest absolute Gasteiger partial charge is 0.395 e. The van der Waals surface area contributed by atoms with Crippen LogP contribution < -0.4 is 0 Å². The average Bonchev–Trinajstić information content (AvgIpc) is 3.07. The van der Waals surface area contributed by atoms with Crippen molar-refractivity contribution in [3.05, 3.63) is 30.1 Å². The van der Waals surface area contributed by atoms with Crippen molar-refractivity contribution in [2.75, 3.05) is 0 Å². The van der Waals surface area contributed by atoms with Crippen molar-refractivity contribution < 1.29 is 18.0 Å². The van der Waals surface area contributed by atoms with Crippen LogP contribution in [0.1, 0.15) is 30.7 Å². The Hall–Kier alpha value is -1.39. The average molecular weight is 243 g/mol. The first-order valence-electron chi connectivity index (χ1n) is 5.41. The van der Waals surface area contributed by atoms with E-state index in [2.05, 4.69) is 4.98 Å². The number of aromatic nitrogens is 1. The molecular formula is C12H12F3NO. The van der Waals surface area contributed by atoms with Gasteiger partial charge in [0.2, 0.25) is 0 Å². The molecule has 0 saturated heterocycles. The van der Waals surface area contributed by atoms with Crippen LogP contribution >= 0.6 is 0 Å². The molecule has 92 valence electrons. The molecule has 0 aliphatic heterocycles. The molecule has 5 heteroatoms. The van der Waals surface area contributed by atoms with Gasteiger partial charge in [-0.25, -0.2) is 0 Å². The molecule has 1 saturated carbocycles. The summed E-state index contributed by atoms with van der Waals surface area (Å²) in [6, 6.07) is 3.11. The van der Waals surface area contributed by atoms with Gasteiger partial charge in [0, 0.05) is 24.7 Å². The highest BCUT2D eigenvalue weighted by Crippen LogP contribution is 2.65. The summed E-state index contributed by atoms with van der Waals surface area (Å²) in [5.74, 6) is -0.775. The molecule has 0 spiro atoms. The summed E-state index contributed by atoms with van der Waals surface area (Å²) in [4.78, 5) is 14.4. The molecule has 1 aromatic rings. The van der Waals surface area contributed by atoms with Gasteiger partial charge in [0.25, 0.3) is 0 Å². The van der Waals surface area contributed by atoms with Gasteiger partial charge >= 0.3 is 6.18 Å². The van der Waals surface area contributed by atoms with E-state index in [9.17, 15) is 18.0 Å². The van der Waals surface area contributed by atoms with E-state index in [-0.39, 0.29) is 19.3 Å². The van der Waals surface area contributed by atoms with Gasteiger partial charge in [-0.05, 0) is 30.5 Å². The number of hydrogen-bond donors (Lipinski definition) is 0. The van der Waals surface area contributed by atoms with Crippen molar-refractivity contribution in [2.24, 2.45) is 5.41 Å². The highest BCUT2D eigenvalue weighted by Gasteiger charge is 2.66. The number of hydrogen-bond acceptors (Lipinski definition) is 2. The van der Waals surface area contributed by atoms with E-state index in [4.69, 9.17) is 0 Å². The Morgan fingerprint density at radius 2 is 1.94 bits per heavy atom. The van der Waals surface area contributed by atoms with E-state index in [1.165, 1.54) is 12.4 Å². The molecule has 0 radical (unpaired) electrons. The lowest BCUT2D eigenvalue weighted by Gasteiger charge is -2.28. The van der Waals surface area contributed by atoms with Gasteiger partial charge in [0.05, 0.1) is 5.41 Å². The number of rotatable bonds is 4. The Morgan fingerprint density at radius 3 is 2.35 bits per heavy atom.